The predicted molar refractivity (Wildman–Crippen MR) is 85.0 cm³/mol. The lowest BCUT2D eigenvalue weighted by Crippen LogP contribution is -1.97. The number of hydrogen-bond acceptors (Lipinski definition) is 4. The zero-order valence-corrected chi connectivity index (χ0v) is 12.3. The fourth-order valence-electron chi connectivity index (χ4n) is 2.11. The molecule has 106 valence electrons. The van der Waals surface area contributed by atoms with Crippen LogP contribution in [0.25, 0.3) is 22.8 Å². The topological polar surface area (TPSA) is 62.5 Å². The maximum absolute atomic E-state index is 8.81. The standard InChI is InChI=1S/C17H11ClN4/c18-17-21-15(13-6-2-1-3-7-13)20-16(22-17)14-8-4-5-12(11-14)9-10-19/h1-8,11H,9H2. The Bertz CT molecular complexity index is 841. The fourth-order valence-corrected chi connectivity index (χ4v) is 2.27. The van der Waals surface area contributed by atoms with Crippen molar-refractivity contribution in [3.8, 4) is 28.8 Å². The van der Waals surface area contributed by atoms with Gasteiger partial charge in [0.1, 0.15) is 0 Å². The van der Waals surface area contributed by atoms with Gasteiger partial charge in [-0.05, 0) is 23.2 Å². The lowest BCUT2D eigenvalue weighted by Gasteiger charge is -2.05. The van der Waals surface area contributed by atoms with Gasteiger partial charge in [0.15, 0.2) is 11.6 Å². The highest BCUT2D eigenvalue weighted by molar-refractivity contribution is 6.28. The molecule has 1 heterocycles. The van der Waals surface area contributed by atoms with Gasteiger partial charge in [-0.25, -0.2) is 4.98 Å². The van der Waals surface area contributed by atoms with E-state index in [1.807, 2.05) is 54.6 Å². The maximum atomic E-state index is 8.81. The number of aromatic nitrogens is 3. The van der Waals surface area contributed by atoms with Crippen LogP contribution in [0.4, 0.5) is 0 Å². The maximum Gasteiger partial charge on any atom is 0.226 e. The normalized spacial score (nSPS) is 10.2. The van der Waals surface area contributed by atoms with Crippen LogP contribution in [0.1, 0.15) is 5.56 Å². The lowest BCUT2D eigenvalue weighted by molar-refractivity contribution is 1.06. The Labute approximate surface area is 133 Å². The molecule has 0 fully saturated rings. The van der Waals surface area contributed by atoms with Crippen LogP contribution in [0.2, 0.25) is 5.28 Å². The van der Waals surface area contributed by atoms with Crippen molar-refractivity contribution in [2.75, 3.05) is 0 Å². The third-order valence-corrected chi connectivity index (χ3v) is 3.28. The first kappa shape index (κ1) is 14.2. The average Bonchev–Trinajstić information content (AvgIpc) is 2.56. The Morgan fingerprint density at radius 3 is 2.27 bits per heavy atom. The Morgan fingerprint density at radius 2 is 1.55 bits per heavy atom. The first-order chi connectivity index (χ1) is 10.8. The summed E-state index contributed by atoms with van der Waals surface area (Å²) >= 11 is 6.04. The summed E-state index contributed by atoms with van der Waals surface area (Å²) in [7, 11) is 0. The minimum Gasteiger partial charge on any atom is -0.208 e. The summed E-state index contributed by atoms with van der Waals surface area (Å²) < 4.78 is 0. The van der Waals surface area contributed by atoms with E-state index in [2.05, 4.69) is 21.0 Å². The Hall–Kier alpha value is -2.77. The molecule has 1 aromatic heterocycles. The van der Waals surface area contributed by atoms with E-state index in [1.165, 1.54) is 0 Å². The molecule has 22 heavy (non-hydrogen) atoms. The number of benzene rings is 2. The van der Waals surface area contributed by atoms with E-state index in [9.17, 15) is 0 Å². The SMILES string of the molecule is N#CCc1cccc(-c2nc(Cl)nc(-c3ccccc3)n2)c1. The molecular formula is C17H11ClN4. The highest BCUT2D eigenvalue weighted by Crippen LogP contribution is 2.22. The summed E-state index contributed by atoms with van der Waals surface area (Å²) in [6.45, 7) is 0. The minimum atomic E-state index is 0.148. The van der Waals surface area contributed by atoms with Gasteiger partial charge in [0.05, 0.1) is 12.5 Å². The lowest BCUT2D eigenvalue weighted by atomic mass is 10.1. The van der Waals surface area contributed by atoms with Gasteiger partial charge in [-0.1, -0.05) is 48.5 Å². The van der Waals surface area contributed by atoms with Crippen LogP contribution in [-0.2, 0) is 6.42 Å². The Morgan fingerprint density at radius 1 is 0.864 bits per heavy atom. The summed E-state index contributed by atoms with van der Waals surface area (Å²) in [6.07, 6.45) is 0.345. The van der Waals surface area contributed by atoms with E-state index >= 15 is 0 Å². The second kappa shape index (κ2) is 6.33. The molecule has 5 heteroatoms. The number of nitrogens with zero attached hydrogens (tertiary/aromatic N) is 4. The Kier molecular flexibility index (Phi) is 4.08. The van der Waals surface area contributed by atoms with Crippen molar-refractivity contribution in [2.45, 2.75) is 6.42 Å². The van der Waals surface area contributed by atoms with Crippen molar-refractivity contribution in [3.63, 3.8) is 0 Å². The first-order valence-corrected chi connectivity index (χ1v) is 7.07. The second-order valence-electron chi connectivity index (χ2n) is 4.65. The summed E-state index contributed by atoms with van der Waals surface area (Å²) in [5.74, 6) is 1.03. The smallest absolute Gasteiger partial charge is 0.208 e. The predicted octanol–water partition coefficient (Wildman–Crippen LogP) is 3.93. The van der Waals surface area contributed by atoms with Crippen LogP contribution in [0.15, 0.2) is 54.6 Å². The number of hydrogen-bond donors (Lipinski definition) is 0. The van der Waals surface area contributed by atoms with Crippen molar-refractivity contribution in [2.24, 2.45) is 0 Å². The van der Waals surface area contributed by atoms with Crippen molar-refractivity contribution < 1.29 is 0 Å². The minimum absolute atomic E-state index is 0.148. The highest BCUT2D eigenvalue weighted by atomic mass is 35.5. The summed E-state index contributed by atoms with van der Waals surface area (Å²) in [6, 6.07) is 19.3. The van der Waals surface area contributed by atoms with Gasteiger partial charge in [-0.3, -0.25) is 0 Å². The van der Waals surface area contributed by atoms with Gasteiger partial charge in [0.2, 0.25) is 5.28 Å². The molecule has 0 spiro atoms. The molecule has 0 aliphatic carbocycles. The molecule has 0 N–H and O–H groups in total. The molecule has 4 nitrogen and oxygen atoms in total. The number of halogens is 1. The van der Waals surface area contributed by atoms with Gasteiger partial charge in [-0.2, -0.15) is 15.2 Å². The summed E-state index contributed by atoms with van der Waals surface area (Å²) in [5.41, 5.74) is 2.60. The van der Waals surface area contributed by atoms with Gasteiger partial charge >= 0.3 is 0 Å². The molecule has 0 saturated carbocycles. The Balaban J connectivity index is 2.07. The molecule has 0 aliphatic rings. The molecule has 2 aromatic carbocycles. The third kappa shape index (κ3) is 3.11. The molecule has 3 rings (SSSR count). The van der Waals surface area contributed by atoms with Crippen LogP contribution in [0.5, 0.6) is 0 Å². The highest BCUT2D eigenvalue weighted by Gasteiger charge is 2.09. The summed E-state index contributed by atoms with van der Waals surface area (Å²) in [4.78, 5) is 12.9. The fraction of sp³-hybridized carbons (Fsp3) is 0.0588. The van der Waals surface area contributed by atoms with Crippen LogP contribution in [0, 0.1) is 11.3 Å². The van der Waals surface area contributed by atoms with Gasteiger partial charge in [0, 0.05) is 11.1 Å². The largest absolute Gasteiger partial charge is 0.226 e. The molecule has 0 amide bonds. The molecule has 3 aromatic rings. The van der Waals surface area contributed by atoms with Crippen LogP contribution >= 0.6 is 11.6 Å². The van der Waals surface area contributed by atoms with Crippen LogP contribution < -0.4 is 0 Å². The van der Waals surface area contributed by atoms with E-state index < -0.39 is 0 Å². The molecule has 0 aliphatic heterocycles. The van der Waals surface area contributed by atoms with E-state index in [-0.39, 0.29) is 5.28 Å². The summed E-state index contributed by atoms with van der Waals surface area (Å²) in [5, 5.41) is 8.95. The van der Waals surface area contributed by atoms with E-state index in [1.54, 1.807) is 0 Å². The molecular weight excluding hydrogens is 296 g/mol. The second-order valence-corrected chi connectivity index (χ2v) is 4.99. The van der Waals surface area contributed by atoms with Crippen molar-refractivity contribution in [3.05, 3.63) is 65.4 Å². The first-order valence-electron chi connectivity index (χ1n) is 6.69. The zero-order chi connectivity index (χ0) is 15.4. The van der Waals surface area contributed by atoms with Crippen LogP contribution in [-0.4, -0.2) is 15.0 Å². The average molecular weight is 307 g/mol. The van der Waals surface area contributed by atoms with Crippen molar-refractivity contribution in [1.82, 2.24) is 15.0 Å². The van der Waals surface area contributed by atoms with E-state index in [0.717, 1.165) is 16.7 Å². The van der Waals surface area contributed by atoms with Crippen molar-refractivity contribution >= 4 is 11.6 Å². The number of rotatable bonds is 3. The quantitative estimate of drug-likeness (QED) is 0.735. The zero-order valence-electron chi connectivity index (χ0n) is 11.6. The monoisotopic (exact) mass is 306 g/mol. The molecule has 0 radical (unpaired) electrons. The van der Waals surface area contributed by atoms with E-state index in [4.69, 9.17) is 16.9 Å². The molecule has 0 bridgehead atoms. The molecule has 0 atom stereocenters. The number of nitriles is 1. The van der Waals surface area contributed by atoms with Gasteiger partial charge in [-0.15, -0.1) is 0 Å². The van der Waals surface area contributed by atoms with Crippen molar-refractivity contribution in [1.29, 1.82) is 5.26 Å². The molecule has 0 saturated heterocycles. The third-order valence-electron chi connectivity index (χ3n) is 3.11. The van der Waals surface area contributed by atoms with Gasteiger partial charge < -0.3 is 0 Å². The van der Waals surface area contributed by atoms with Crippen LogP contribution in [0.3, 0.4) is 0 Å². The van der Waals surface area contributed by atoms with Gasteiger partial charge in [0.25, 0.3) is 0 Å². The molecule has 0 unspecified atom stereocenters. The van der Waals surface area contributed by atoms with E-state index in [0.29, 0.717) is 18.1 Å².